The van der Waals surface area contributed by atoms with Crippen LogP contribution < -0.4 is 10.6 Å². The average molecular weight is 246 g/mol. The summed E-state index contributed by atoms with van der Waals surface area (Å²) in [5.41, 5.74) is 8.84. The van der Waals surface area contributed by atoms with E-state index in [0.717, 1.165) is 19.0 Å². The smallest absolute Gasteiger partial charge is 0.0368 e. The lowest BCUT2D eigenvalue weighted by Gasteiger charge is -2.26. The Balaban J connectivity index is 1.93. The van der Waals surface area contributed by atoms with Gasteiger partial charge in [0.1, 0.15) is 0 Å². The van der Waals surface area contributed by atoms with Crippen molar-refractivity contribution in [3.63, 3.8) is 0 Å². The van der Waals surface area contributed by atoms with Gasteiger partial charge in [0, 0.05) is 24.8 Å². The summed E-state index contributed by atoms with van der Waals surface area (Å²) < 4.78 is 0. The maximum absolute atomic E-state index is 6.15. The normalized spacial score (nSPS) is 23.3. The highest BCUT2D eigenvalue weighted by Gasteiger charge is 2.23. The zero-order chi connectivity index (χ0) is 13.0. The van der Waals surface area contributed by atoms with Crippen LogP contribution in [0, 0.1) is 12.8 Å². The molecule has 0 spiro atoms. The van der Waals surface area contributed by atoms with Gasteiger partial charge < -0.3 is 10.6 Å². The highest BCUT2D eigenvalue weighted by Crippen LogP contribution is 2.27. The SMILES string of the molecule is CCN(CCC1CCCC1N)c1cccc(C)c1. The molecule has 1 aromatic rings. The summed E-state index contributed by atoms with van der Waals surface area (Å²) in [6.45, 7) is 6.60. The molecule has 2 unspecified atom stereocenters. The monoisotopic (exact) mass is 246 g/mol. The number of nitrogens with zero attached hydrogens (tertiary/aromatic N) is 1. The first-order valence-electron chi connectivity index (χ1n) is 7.28. The van der Waals surface area contributed by atoms with Gasteiger partial charge in [-0.1, -0.05) is 18.6 Å². The molecule has 0 aromatic heterocycles. The minimum absolute atomic E-state index is 0.446. The van der Waals surface area contributed by atoms with Crippen molar-refractivity contribution >= 4 is 5.69 Å². The number of aryl methyl sites for hydroxylation is 1. The molecule has 0 heterocycles. The van der Waals surface area contributed by atoms with Gasteiger partial charge in [0.05, 0.1) is 0 Å². The first kappa shape index (κ1) is 13.4. The van der Waals surface area contributed by atoms with E-state index in [0.29, 0.717) is 6.04 Å². The standard InChI is InChI=1S/C16H26N2/c1-3-18(15-8-4-6-13(2)12-15)11-10-14-7-5-9-16(14)17/h4,6,8,12,14,16H,3,5,7,9-11,17H2,1-2H3. The van der Waals surface area contributed by atoms with E-state index in [1.165, 1.54) is 36.9 Å². The predicted octanol–water partition coefficient (Wildman–Crippen LogP) is 3.34. The van der Waals surface area contributed by atoms with E-state index >= 15 is 0 Å². The lowest BCUT2D eigenvalue weighted by Crippen LogP contribution is -2.30. The van der Waals surface area contributed by atoms with E-state index in [1.54, 1.807) is 0 Å². The van der Waals surface area contributed by atoms with Crippen LogP contribution in [0.1, 0.15) is 38.2 Å². The van der Waals surface area contributed by atoms with Crippen LogP contribution in [0.2, 0.25) is 0 Å². The summed E-state index contributed by atoms with van der Waals surface area (Å²) in [7, 11) is 0. The lowest BCUT2D eigenvalue weighted by molar-refractivity contribution is 0.447. The van der Waals surface area contributed by atoms with Gasteiger partial charge in [0.15, 0.2) is 0 Å². The van der Waals surface area contributed by atoms with Crippen LogP contribution in [0.4, 0.5) is 5.69 Å². The van der Waals surface area contributed by atoms with Crippen molar-refractivity contribution in [2.75, 3.05) is 18.0 Å². The molecule has 1 fully saturated rings. The van der Waals surface area contributed by atoms with Crippen molar-refractivity contribution in [1.82, 2.24) is 0 Å². The topological polar surface area (TPSA) is 29.3 Å². The summed E-state index contributed by atoms with van der Waals surface area (Å²) in [5.74, 6) is 0.740. The zero-order valence-corrected chi connectivity index (χ0v) is 11.7. The van der Waals surface area contributed by atoms with Crippen molar-refractivity contribution in [1.29, 1.82) is 0 Å². The number of rotatable bonds is 5. The predicted molar refractivity (Wildman–Crippen MR) is 79.0 cm³/mol. The van der Waals surface area contributed by atoms with E-state index in [2.05, 4.69) is 43.0 Å². The molecule has 2 nitrogen and oxygen atoms in total. The van der Waals surface area contributed by atoms with Crippen LogP contribution in [0.5, 0.6) is 0 Å². The summed E-state index contributed by atoms with van der Waals surface area (Å²) in [4.78, 5) is 2.47. The van der Waals surface area contributed by atoms with Gasteiger partial charge in [-0.2, -0.15) is 0 Å². The molecule has 2 atom stereocenters. The summed E-state index contributed by atoms with van der Waals surface area (Å²) >= 11 is 0. The third-order valence-electron chi connectivity index (χ3n) is 4.24. The Morgan fingerprint density at radius 2 is 2.17 bits per heavy atom. The van der Waals surface area contributed by atoms with Crippen LogP contribution in [0.15, 0.2) is 24.3 Å². The van der Waals surface area contributed by atoms with E-state index in [1.807, 2.05) is 0 Å². The van der Waals surface area contributed by atoms with Crippen LogP contribution >= 0.6 is 0 Å². The van der Waals surface area contributed by atoms with Crippen LogP contribution in [0.3, 0.4) is 0 Å². The Morgan fingerprint density at radius 1 is 1.33 bits per heavy atom. The molecule has 2 heteroatoms. The minimum atomic E-state index is 0.446. The molecule has 2 N–H and O–H groups in total. The third kappa shape index (κ3) is 3.26. The molecular formula is C16H26N2. The molecule has 1 aliphatic carbocycles. The Bertz CT molecular complexity index is 375. The zero-order valence-electron chi connectivity index (χ0n) is 11.7. The number of hydrogen-bond acceptors (Lipinski definition) is 2. The molecule has 1 aliphatic rings. The van der Waals surface area contributed by atoms with E-state index in [-0.39, 0.29) is 0 Å². The fourth-order valence-corrected chi connectivity index (χ4v) is 3.04. The van der Waals surface area contributed by atoms with Crippen molar-refractivity contribution in [3.8, 4) is 0 Å². The molecular weight excluding hydrogens is 220 g/mol. The van der Waals surface area contributed by atoms with Crippen LogP contribution in [-0.2, 0) is 0 Å². The Kier molecular flexibility index (Phi) is 4.65. The number of anilines is 1. The first-order chi connectivity index (χ1) is 8.70. The van der Waals surface area contributed by atoms with E-state index in [9.17, 15) is 0 Å². The third-order valence-corrected chi connectivity index (χ3v) is 4.24. The van der Waals surface area contributed by atoms with Gasteiger partial charge in [0.25, 0.3) is 0 Å². The van der Waals surface area contributed by atoms with Gasteiger partial charge in [0.2, 0.25) is 0 Å². The van der Waals surface area contributed by atoms with Gasteiger partial charge in [-0.3, -0.25) is 0 Å². The number of hydrogen-bond donors (Lipinski definition) is 1. The van der Waals surface area contributed by atoms with Gasteiger partial charge in [-0.15, -0.1) is 0 Å². The average Bonchev–Trinajstić information content (AvgIpc) is 2.76. The summed E-state index contributed by atoms with van der Waals surface area (Å²) in [6.07, 6.45) is 5.11. The lowest BCUT2D eigenvalue weighted by atomic mass is 10.00. The maximum Gasteiger partial charge on any atom is 0.0368 e. The Hall–Kier alpha value is -1.02. The molecule has 0 amide bonds. The number of nitrogens with two attached hydrogens (primary N) is 1. The first-order valence-corrected chi connectivity index (χ1v) is 7.28. The molecule has 0 saturated heterocycles. The van der Waals surface area contributed by atoms with Crippen LogP contribution in [-0.4, -0.2) is 19.1 Å². The second-order valence-corrected chi connectivity index (χ2v) is 5.56. The minimum Gasteiger partial charge on any atom is -0.372 e. The summed E-state index contributed by atoms with van der Waals surface area (Å²) in [6, 6.07) is 9.24. The molecule has 100 valence electrons. The highest BCUT2D eigenvalue weighted by atomic mass is 15.1. The molecule has 1 aromatic carbocycles. The van der Waals surface area contributed by atoms with Crippen molar-refractivity contribution in [2.24, 2.45) is 11.7 Å². The molecule has 0 bridgehead atoms. The molecule has 18 heavy (non-hydrogen) atoms. The quantitative estimate of drug-likeness (QED) is 0.863. The fraction of sp³-hybridized carbons (Fsp3) is 0.625. The summed E-state index contributed by atoms with van der Waals surface area (Å²) in [5, 5.41) is 0. The Labute approximate surface area is 111 Å². The van der Waals surface area contributed by atoms with Crippen molar-refractivity contribution in [3.05, 3.63) is 29.8 Å². The molecule has 1 saturated carbocycles. The van der Waals surface area contributed by atoms with Crippen molar-refractivity contribution in [2.45, 2.75) is 45.6 Å². The Morgan fingerprint density at radius 3 is 2.78 bits per heavy atom. The molecule has 0 radical (unpaired) electrons. The van der Waals surface area contributed by atoms with Gasteiger partial charge in [-0.05, 0) is 56.7 Å². The molecule has 0 aliphatic heterocycles. The van der Waals surface area contributed by atoms with E-state index < -0.39 is 0 Å². The van der Waals surface area contributed by atoms with Crippen molar-refractivity contribution < 1.29 is 0 Å². The number of benzene rings is 1. The van der Waals surface area contributed by atoms with E-state index in [4.69, 9.17) is 5.73 Å². The van der Waals surface area contributed by atoms with Crippen LogP contribution in [0.25, 0.3) is 0 Å². The molecule has 2 rings (SSSR count). The fourth-order valence-electron chi connectivity index (χ4n) is 3.04. The largest absolute Gasteiger partial charge is 0.372 e. The van der Waals surface area contributed by atoms with Gasteiger partial charge >= 0.3 is 0 Å². The maximum atomic E-state index is 6.15. The second-order valence-electron chi connectivity index (χ2n) is 5.56. The highest BCUT2D eigenvalue weighted by molar-refractivity contribution is 5.48. The van der Waals surface area contributed by atoms with Gasteiger partial charge in [-0.25, -0.2) is 0 Å². The second kappa shape index (κ2) is 6.24.